The maximum Gasteiger partial charge on any atom is 0.408 e. The van der Waals surface area contributed by atoms with E-state index in [-0.39, 0.29) is 18.9 Å². The highest BCUT2D eigenvalue weighted by Gasteiger charge is 2.37. The highest BCUT2D eigenvalue weighted by Crippen LogP contribution is 2.44. The second kappa shape index (κ2) is 9.47. The van der Waals surface area contributed by atoms with E-state index in [0.717, 1.165) is 22.3 Å². The lowest BCUT2D eigenvalue weighted by Crippen LogP contribution is -2.54. The van der Waals surface area contributed by atoms with Gasteiger partial charge in [0.2, 0.25) is 0 Å². The van der Waals surface area contributed by atoms with Crippen LogP contribution in [0.5, 0.6) is 11.5 Å². The van der Waals surface area contributed by atoms with Gasteiger partial charge in [0, 0.05) is 12.3 Å². The number of amides is 1. The summed E-state index contributed by atoms with van der Waals surface area (Å²) in [5.74, 6) is -0.266. The van der Waals surface area contributed by atoms with Gasteiger partial charge >= 0.3 is 12.1 Å². The number of alkyl carbamates (subject to hydrolysis) is 1. The number of hydrogen-bond donors (Lipinski definition) is 2. The smallest absolute Gasteiger partial charge is 0.408 e. The molecule has 0 aromatic heterocycles. The number of carboxylic acids is 1. The summed E-state index contributed by atoms with van der Waals surface area (Å²) in [6.07, 6.45) is -0.750. The molecule has 3 aromatic rings. The Morgan fingerprint density at radius 1 is 0.912 bits per heavy atom. The Kier molecular flexibility index (Phi) is 6.45. The molecule has 0 heterocycles. The van der Waals surface area contributed by atoms with E-state index in [2.05, 4.69) is 17.4 Å². The molecular formula is C27H27NO6. The first-order chi connectivity index (χ1) is 16.4. The van der Waals surface area contributed by atoms with Crippen molar-refractivity contribution in [2.24, 2.45) is 0 Å². The molecule has 1 atom stereocenters. The molecule has 34 heavy (non-hydrogen) atoms. The number of hydrogen-bond acceptors (Lipinski definition) is 5. The molecule has 1 amide bonds. The van der Waals surface area contributed by atoms with Crippen molar-refractivity contribution in [3.63, 3.8) is 0 Å². The van der Waals surface area contributed by atoms with Crippen molar-refractivity contribution in [1.29, 1.82) is 0 Å². The summed E-state index contributed by atoms with van der Waals surface area (Å²) < 4.78 is 16.1. The number of carbonyl (C=O) groups excluding carboxylic acids is 1. The molecule has 0 saturated heterocycles. The summed E-state index contributed by atoms with van der Waals surface area (Å²) in [4.78, 5) is 24.8. The predicted octanol–water partition coefficient (Wildman–Crippen LogP) is 4.63. The van der Waals surface area contributed by atoms with Crippen LogP contribution < -0.4 is 14.8 Å². The summed E-state index contributed by atoms with van der Waals surface area (Å²) in [6.45, 7) is 1.55. The second-order valence-electron chi connectivity index (χ2n) is 8.45. The van der Waals surface area contributed by atoms with Crippen LogP contribution >= 0.6 is 0 Å². The number of fused-ring (bicyclic) bond motifs is 3. The molecule has 3 aromatic carbocycles. The lowest BCUT2D eigenvalue weighted by molar-refractivity contribution is -0.143. The Morgan fingerprint density at radius 2 is 1.50 bits per heavy atom. The van der Waals surface area contributed by atoms with E-state index in [1.807, 2.05) is 36.4 Å². The summed E-state index contributed by atoms with van der Waals surface area (Å²) in [6, 6.07) is 21.2. The first-order valence-corrected chi connectivity index (χ1v) is 10.9. The topological polar surface area (TPSA) is 94.1 Å². The van der Waals surface area contributed by atoms with E-state index in [1.54, 1.807) is 18.2 Å². The zero-order valence-electron chi connectivity index (χ0n) is 19.3. The molecule has 7 nitrogen and oxygen atoms in total. The number of aliphatic carboxylic acids is 1. The van der Waals surface area contributed by atoms with Gasteiger partial charge in [0.25, 0.3) is 0 Å². The highest BCUT2D eigenvalue weighted by atomic mass is 16.5. The van der Waals surface area contributed by atoms with Crippen LogP contribution in [0.1, 0.15) is 29.5 Å². The van der Waals surface area contributed by atoms with E-state index >= 15 is 0 Å². The van der Waals surface area contributed by atoms with Crippen molar-refractivity contribution in [2.45, 2.75) is 24.8 Å². The highest BCUT2D eigenvalue weighted by molar-refractivity contribution is 5.84. The summed E-state index contributed by atoms with van der Waals surface area (Å²) >= 11 is 0. The molecule has 7 heteroatoms. The Labute approximate surface area is 198 Å². The van der Waals surface area contributed by atoms with Crippen LogP contribution in [0.3, 0.4) is 0 Å². The Hall–Kier alpha value is -4.00. The third-order valence-corrected chi connectivity index (χ3v) is 6.20. The molecule has 0 radical (unpaired) electrons. The molecule has 176 valence electrons. The Morgan fingerprint density at radius 3 is 2.06 bits per heavy atom. The van der Waals surface area contributed by atoms with Gasteiger partial charge in [0.15, 0.2) is 11.5 Å². The lowest BCUT2D eigenvalue weighted by Gasteiger charge is -2.26. The third kappa shape index (κ3) is 4.41. The van der Waals surface area contributed by atoms with Crippen molar-refractivity contribution in [2.75, 3.05) is 20.8 Å². The molecule has 0 bridgehead atoms. The average Bonchev–Trinajstić information content (AvgIpc) is 3.16. The average molecular weight is 462 g/mol. The second-order valence-corrected chi connectivity index (χ2v) is 8.45. The van der Waals surface area contributed by atoms with Crippen LogP contribution in [0.25, 0.3) is 11.1 Å². The van der Waals surface area contributed by atoms with Crippen LogP contribution in [0.4, 0.5) is 4.79 Å². The van der Waals surface area contributed by atoms with Crippen LogP contribution in [-0.2, 0) is 16.0 Å². The fraction of sp³-hybridized carbons (Fsp3) is 0.259. The summed E-state index contributed by atoms with van der Waals surface area (Å²) in [7, 11) is 3.03. The molecule has 0 saturated carbocycles. The zero-order valence-corrected chi connectivity index (χ0v) is 19.3. The molecule has 0 spiro atoms. The van der Waals surface area contributed by atoms with E-state index in [0.29, 0.717) is 17.1 Å². The molecule has 0 unspecified atom stereocenters. The number of nitrogens with one attached hydrogen (secondary N) is 1. The van der Waals surface area contributed by atoms with E-state index in [9.17, 15) is 14.7 Å². The zero-order chi connectivity index (χ0) is 24.3. The molecule has 0 aliphatic heterocycles. The first kappa shape index (κ1) is 23.2. The van der Waals surface area contributed by atoms with Gasteiger partial charge in [-0.2, -0.15) is 0 Å². The summed E-state index contributed by atoms with van der Waals surface area (Å²) in [5, 5.41) is 12.4. The fourth-order valence-corrected chi connectivity index (χ4v) is 4.43. The van der Waals surface area contributed by atoms with Crippen molar-refractivity contribution >= 4 is 12.1 Å². The van der Waals surface area contributed by atoms with Gasteiger partial charge in [-0.25, -0.2) is 9.59 Å². The maximum absolute atomic E-state index is 12.7. The van der Waals surface area contributed by atoms with Crippen LogP contribution in [0, 0.1) is 0 Å². The first-order valence-electron chi connectivity index (χ1n) is 10.9. The third-order valence-electron chi connectivity index (χ3n) is 6.20. The quantitative estimate of drug-likeness (QED) is 0.508. The van der Waals surface area contributed by atoms with Crippen LogP contribution in [0.15, 0.2) is 66.7 Å². The number of ether oxygens (including phenoxy) is 3. The van der Waals surface area contributed by atoms with Crippen molar-refractivity contribution < 1.29 is 28.9 Å². The number of carbonyl (C=O) groups is 2. The fourth-order valence-electron chi connectivity index (χ4n) is 4.43. The molecule has 0 fully saturated rings. The van der Waals surface area contributed by atoms with Crippen LogP contribution in [-0.4, -0.2) is 43.5 Å². The predicted molar refractivity (Wildman–Crippen MR) is 127 cm³/mol. The number of rotatable bonds is 8. The van der Waals surface area contributed by atoms with Gasteiger partial charge < -0.3 is 24.6 Å². The molecule has 4 rings (SSSR count). The van der Waals surface area contributed by atoms with Gasteiger partial charge in [0.1, 0.15) is 12.1 Å². The normalized spacial score (nSPS) is 13.9. The lowest BCUT2D eigenvalue weighted by atomic mass is 9.93. The van der Waals surface area contributed by atoms with Gasteiger partial charge in [-0.15, -0.1) is 0 Å². The van der Waals surface area contributed by atoms with Crippen molar-refractivity contribution in [1.82, 2.24) is 5.32 Å². The standard InChI is InChI=1S/C27H27NO6/c1-27(25(29)30,15-17-12-13-23(32-2)24(14-17)33-3)28-26(31)34-16-22-20-10-6-4-8-18(20)19-9-5-7-11-21(19)22/h4-14,22H,15-16H2,1-3H3,(H,28,31)(H,29,30)/t27-/m0/s1. The largest absolute Gasteiger partial charge is 0.493 e. The monoisotopic (exact) mass is 461 g/mol. The van der Waals surface area contributed by atoms with E-state index < -0.39 is 17.6 Å². The van der Waals surface area contributed by atoms with Crippen molar-refractivity contribution in [3.8, 4) is 22.6 Å². The SMILES string of the molecule is COc1ccc(C[C@](C)(NC(=O)OCC2c3ccccc3-c3ccccc32)C(=O)O)cc1OC. The van der Waals surface area contributed by atoms with E-state index in [1.165, 1.54) is 21.1 Å². The number of carboxylic acid groups (broad SMARTS) is 1. The molecule has 1 aliphatic rings. The van der Waals surface area contributed by atoms with Gasteiger partial charge in [0.05, 0.1) is 14.2 Å². The Bertz CT molecular complexity index is 1180. The van der Waals surface area contributed by atoms with Crippen molar-refractivity contribution in [3.05, 3.63) is 83.4 Å². The van der Waals surface area contributed by atoms with Gasteiger partial charge in [-0.05, 0) is 46.9 Å². The molecule has 2 N–H and O–H groups in total. The number of methoxy groups -OCH3 is 2. The minimum absolute atomic E-state index is 0.0346. The minimum atomic E-state index is -1.58. The van der Waals surface area contributed by atoms with Crippen LogP contribution in [0.2, 0.25) is 0 Å². The molecule has 1 aliphatic carbocycles. The maximum atomic E-state index is 12.7. The number of benzene rings is 3. The Balaban J connectivity index is 1.47. The minimum Gasteiger partial charge on any atom is -0.493 e. The summed E-state index contributed by atoms with van der Waals surface area (Å²) in [5.41, 5.74) is 3.50. The molecular weight excluding hydrogens is 434 g/mol. The van der Waals surface area contributed by atoms with Gasteiger partial charge in [-0.3, -0.25) is 0 Å². The van der Waals surface area contributed by atoms with E-state index in [4.69, 9.17) is 14.2 Å². The van der Waals surface area contributed by atoms with Gasteiger partial charge in [-0.1, -0.05) is 54.6 Å².